The summed E-state index contributed by atoms with van der Waals surface area (Å²) < 4.78 is 0. The summed E-state index contributed by atoms with van der Waals surface area (Å²) in [6.45, 7) is 19.0. The molecule has 0 spiro atoms. The summed E-state index contributed by atoms with van der Waals surface area (Å²) >= 11 is 0. The van der Waals surface area contributed by atoms with Gasteiger partial charge in [-0.15, -0.1) is 0 Å². The molecule has 5 fully saturated rings. The van der Waals surface area contributed by atoms with Crippen LogP contribution >= 0.6 is 0 Å². The average Bonchev–Trinajstić information content (AvgIpc) is 3.27. The van der Waals surface area contributed by atoms with E-state index in [0.717, 1.165) is 70.9 Å². The van der Waals surface area contributed by atoms with Crippen molar-refractivity contribution in [2.45, 2.75) is 131 Å². The predicted octanol–water partition coefficient (Wildman–Crippen LogP) is 6.71. The number of hydrogen-bond acceptors (Lipinski definition) is 3. The molecule has 0 aromatic rings. The summed E-state index contributed by atoms with van der Waals surface area (Å²) in [4.78, 5) is 16.6. The molecule has 0 aromatic heterocycles. The van der Waals surface area contributed by atoms with Crippen molar-refractivity contribution in [1.82, 2.24) is 4.90 Å². The Morgan fingerprint density at radius 2 is 1.63 bits per heavy atom. The smallest absolute Gasteiger partial charge is 0.229 e. The molecule has 5 aliphatic carbocycles. The summed E-state index contributed by atoms with van der Waals surface area (Å²) in [5.74, 6) is 2.01. The minimum Gasteiger partial charge on any atom is -0.393 e. The van der Waals surface area contributed by atoms with E-state index >= 15 is 0 Å². The zero-order chi connectivity index (χ0) is 27.5. The van der Waals surface area contributed by atoms with Crippen LogP contribution in [0, 0.1) is 50.2 Å². The van der Waals surface area contributed by atoms with E-state index in [9.17, 15) is 9.90 Å². The van der Waals surface area contributed by atoms with Crippen LogP contribution in [0.5, 0.6) is 0 Å². The molecule has 1 saturated heterocycles. The van der Waals surface area contributed by atoms with Crippen LogP contribution in [0.25, 0.3) is 0 Å². The van der Waals surface area contributed by atoms with Crippen LogP contribution in [0.2, 0.25) is 0 Å². The molecule has 1 aliphatic heterocycles. The molecule has 6 rings (SSSR count). The topological polar surface area (TPSA) is 66.6 Å². The average molecular weight is 525 g/mol. The molecule has 4 heteroatoms. The maximum atomic E-state index is 14.4. The first-order chi connectivity index (χ1) is 17.6. The van der Waals surface area contributed by atoms with E-state index in [2.05, 4.69) is 59.4 Å². The van der Waals surface area contributed by atoms with Crippen molar-refractivity contribution in [2.24, 2.45) is 56.0 Å². The van der Waals surface area contributed by atoms with Gasteiger partial charge in [0, 0.05) is 19.1 Å². The van der Waals surface area contributed by atoms with Gasteiger partial charge in [-0.3, -0.25) is 4.79 Å². The van der Waals surface area contributed by atoms with Crippen molar-refractivity contribution in [3.05, 3.63) is 11.6 Å². The van der Waals surface area contributed by atoms with E-state index in [1.807, 2.05) is 0 Å². The lowest BCUT2D eigenvalue weighted by Gasteiger charge is -2.71. The van der Waals surface area contributed by atoms with Crippen molar-refractivity contribution in [1.29, 1.82) is 0 Å². The van der Waals surface area contributed by atoms with Gasteiger partial charge < -0.3 is 15.7 Å². The van der Waals surface area contributed by atoms with Crippen molar-refractivity contribution < 1.29 is 9.90 Å². The largest absolute Gasteiger partial charge is 0.393 e. The highest BCUT2D eigenvalue weighted by Crippen LogP contribution is 2.75. The number of hydrogen-bond donors (Lipinski definition) is 2. The Bertz CT molecular complexity index is 1030. The number of rotatable bonds is 1. The van der Waals surface area contributed by atoms with Crippen LogP contribution < -0.4 is 5.73 Å². The highest BCUT2D eigenvalue weighted by molar-refractivity contribution is 5.84. The molecular formula is C34H56N2O2. The first kappa shape index (κ1) is 27.3. The first-order valence-corrected chi connectivity index (χ1v) is 16.0. The summed E-state index contributed by atoms with van der Waals surface area (Å²) in [7, 11) is 0. The fourth-order valence-corrected chi connectivity index (χ4v) is 11.9. The minimum absolute atomic E-state index is 0.0165. The number of carbonyl (C=O) groups excluding carboxylic acids is 1. The van der Waals surface area contributed by atoms with E-state index in [4.69, 9.17) is 5.73 Å². The van der Waals surface area contributed by atoms with Crippen LogP contribution in [0.4, 0.5) is 0 Å². The molecule has 38 heavy (non-hydrogen) atoms. The summed E-state index contributed by atoms with van der Waals surface area (Å²) in [6, 6.07) is 0.144. The zero-order valence-corrected chi connectivity index (χ0v) is 25.5. The van der Waals surface area contributed by atoms with Gasteiger partial charge >= 0.3 is 0 Å². The van der Waals surface area contributed by atoms with Gasteiger partial charge in [0.15, 0.2) is 0 Å². The Labute approximate surface area is 232 Å². The van der Waals surface area contributed by atoms with Crippen LogP contribution in [0.1, 0.15) is 119 Å². The maximum absolute atomic E-state index is 14.4. The molecule has 0 radical (unpaired) electrons. The second kappa shape index (κ2) is 8.34. The van der Waals surface area contributed by atoms with Gasteiger partial charge in [0.25, 0.3) is 0 Å². The third kappa shape index (κ3) is 3.44. The molecule has 1 amide bonds. The highest BCUT2D eigenvalue weighted by atomic mass is 16.3. The van der Waals surface area contributed by atoms with Gasteiger partial charge in [-0.05, 0) is 115 Å². The number of amides is 1. The SMILES string of the molecule is CC1(C)CC[C@]2(C(=O)N3CC[C@@H](N)C3)CC[C@]3(C)C(=CC[C@@H]4[C@@]5(C)CC[C@H](O)C(C)(C)[C@@H]5CC[C@]43C)[C@@H]2C1. The van der Waals surface area contributed by atoms with E-state index in [1.165, 1.54) is 12.8 Å². The third-order valence-corrected chi connectivity index (χ3v) is 14.6. The second-order valence-corrected chi connectivity index (χ2v) is 17.0. The molecule has 0 bridgehead atoms. The van der Waals surface area contributed by atoms with Crippen LogP contribution in [-0.2, 0) is 4.79 Å². The van der Waals surface area contributed by atoms with E-state index in [1.54, 1.807) is 5.57 Å². The number of aliphatic hydroxyl groups excluding tert-OH is 1. The fourth-order valence-electron chi connectivity index (χ4n) is 11.9. The van der Waals surface area contributed by atoms with E-state index in [0.29, 0.717) is 23.7 Å². The lowest BCUT2D eigenvalue weighted by molar-refractivity contribution is -0.204. The number of carbonyl (C=O) groups is 1. The Kier molecular flexibility index (Phi) is 5.99. The predicted molar refractivity (Wildman–Crippen MR) is 154 cm³/mol. The van der Waals surface area contributed by atoms with Gasteiger partial charge in [-0.25, -0.2) is 0 Å². The van der Waals surface area contributed by atoms with Crippen molar-refractivity contribution >= 4 is 5.91 Å². The molecular weight excluding hydrogens is 468 g/mol. The molecule has 6 aliphatic rings. The molecule has 9 atom stereocenters. The lowest BCUT2D eigenvalue weighted by Crippen LogP contribution is -2.65. The molecule has 4 nitrogen and oxygen atoms in total. The summed E-state index contributed by atoms with van der Waals surface area (Å²) in [5, 5.41) is 11.0. The fraction of sp³-hybridized carbons (Fsp3) is 0.912. The molecule has 1 heterocycles. The van der Waals surface area contributed by atoms with Gasteiger partial charge in [-0.1, -0.05) is 60.1 Å². The lowest BCUT2D eigenvalue weighted by atomic mass is 9.33. The standard InChI is InChI=1S/C34H56N2O2/c1-29(2)15-17-34(28(38)36-19-12-22(35)21-36)18-16-32(6)23(24(34)20-29)8-9-26-31(5)13-11-27(37)30(3,4)25(31)10-14-33(26,32)7/h8,22,24-27,37H,9-21,35H2,1-7H3/t22-,24+,25+,26-,27+,31+,32-,33-,34+/m1/s1. The van der Waals surface area contributed by atoms with Crippen molar-refractivity contribution in [3.63, 3.8) is 0 Å². The molecule has 0 unspecified atom stereocenters. The second-order valence-electron chi connectivity index (χ2n) is 17.0. The molecule has 3 N–H and O–H groups in total. The van der Waals surface area contributed by atoms with E-state index < -0.39 is 0 Å². The number of nitrogens with zero attached hydrogens (tertiary/aromatic N) is 1. The van der Waals surface area contributed by atoms with Gasteiger partial charge in [0.1, 0.15) is 0 Å². The molecule has 0 aromatic carbocycles. The Morgan fingerprint density at radius 3 is 2.32 bits per heavy atom. The summed E-state index contributed by atoms with van der Waals surface area (Å²) in [6.07, 6.45) is 14.7. The van der Waals surface area contributed by atoms with Crippen molar-refractivity contribution in [2.75, 3.05) is 13.1 Å². The quantitative estimate of drug-likeness (QED) is 0.375. The van der Waals surface area contributed by atoms with Crippen LogP contribution in [0.15, 0.2) is 11.6 Å². The van der Waals surface area contributed by atoms with Crippen LogP contribution in [-0.4, -0.2) is 41.1 Å². The number of likely N-dealkylation sites (tertiary alicyclic amines) is 1. The van der Waals surface area contributed by atoms with Crippen LogP contribution in [0.3, 0.4) is 0 Å². The number of fused-ring (bicyclic) bond motifs is 7. The molecule has 4 saturated carbocycles. The zero-order valence-electron chi connectivity index (χ0n) is 25.5. The minimum atomic E-state index is -0.230. The number of aliphatic hydroxyl groups is 1. The Balaban J connectivity index is 1.41. The Hall–Kier alpha value is -0.870. The van der Waals surface area contributed by atoms with E-state index in [-0.39, 0.29) is 44.6 Å². The first-order valence-electron chi connectivity index (χ1n) is 16.0. The van der Waals surface area contributed by atoms with Gasteiger partial charge in [0.2, 0.25) is 5.91 Å². The van der Waals surface area contributed by atoms with Gasteiger partial charge in [0.05, 0.1) is 11.5 Å². The molecule has 214 valence electrons. The number of allylic oxidation sites excluding steroid dienone is 2. The van der Waals surface area contributed by atoms with Crippen molar-refractivity contribution in [3.8, 4) is 0 Å². The number of nitrogens with two attached hydrogens (primary N) is 1. The highest BCUT2D eigenvalue weighted by Gasteiger charge is 2.69. The third-order valence-electron chi connectivity index (χ3n) is 14.6. The van der Waals surface area contributed by atoms with Gasteiger partial charge in [-0.2, -0.15) is 0 Å². The normalized spacial score (nSPS) is 51.2. The monoisotopic (exact) mass is 524 g/mol. The maximum Gasteiger partial charge on any atom is 0.229 e. The Morgan fingerprint density at radius 1 is 0.921 bits per heavy atom. The summed E-state index contributed by atoms with van der Waals surface area (Å²) in [5.41, 5.74) is 8.64.